The molecule has 2 nitrogen and oxygen atoms in total. The van der Waals surface area contributed by atoms with Gasteiger partial charge in [-0.3, -0.25) is 0 Å². The summed E-state index contributed by atoms with van der Waals surface area (Å²) in [6, 6.07) is 54.0. The molecule has 11 rings (SSSR count). The largest absolute Gasteiger partial charge is 0.337 e. The third-order valence-electron chi connectivity index (χ3n) is 17.3. The van der Waals surface area contributed by atoms with E-state index in [0.717, 1.165) is 12.1 Å². The molecular formula is C69H72N2. The van der Waals surface area contributed by atoms with E-state index < -0.39 is 0 Å². The molecule has 2 aliphatic heterocycles. The fourth-order valence-electron chi connectivity index (χ4n) is 12.5. The molecule has 7 aromatic rings. The predicted molar refractivity (Wildman–Crippen MR) is 305 cm³/mol. The highest BCUT2D eigenvalue weighted by molar-refractivity contribution is 5.91. The number of nitrogens with zero attached hydrogens (tertiary/aromatic N) is 2. The van der Waals surface area contributed by atoms with Gasteiger partial charge < -0.3 is 9.80 Å². The van der Waals surface area contributed by atoms with Crippen LogP contribution in [0.3, 0.4) is 0 Å². The van der Waals surface area contributed by atoms with E-state index in [9.17, 15) is 0 Å². The van der Waals surface area contributed by atoms with E-state index in [4.69, 9.17) is 0 Å². The second-order valence-corrected chi connectivity index (χ2v) is 25.2. The molecule has 0 bridgehead atoms. The molecule has 0 atom stereocenters. The summed E-state index contributed by atoms with van der Waals surface area (Å²) in [5, 5.41) is 0. The second kappa shape index (κ2) is 15.7. The van der Waals surface area contributed by atoms with E-state index in [0.29, 0.717) is 0 Å². The molecule has 0 fully saturated rings. The van der Waals surface area contributed by atoms with Gasteiger partial charge in [0.25, 0.3) is 0 Å². The quantitative estimate of drug-likeness (QED) is 0.174. The normalized spacial score (nSPS) is 19.0. The SMILES string of the molecule is C=C1/C=C(C(C)(C)C)\C=C/CN(c2ccc3c(c2)C(C)(C)c2cc(-c4ccc5c(c4)C(C)(C)c4cc(N6c7ccccc7C(C)(C)c7cc(C(C)(C)C)ccc76)ccc4-5)ccc2-3)c2ccccc2C1(C)C. The van der Waals surface area contributed by atoms with E-state index >= 15 is 0 Å². The molecule has 4 aliphatic rings. The van der Waals surface area contributed by atoms with Gasteiger partial charge in [-0.1, -0.05) is 207 Å². The zero-order valence-corrected chi connectivity index (χ0v) is 44.8. The molecule has 0 amide bonds. The summed E-state index contributed by atoms with van der Waals surface area (Å²) < 4.78 is 0. The minimum Gasteiger partial charge on any atom is -0.337 e. The van der Waals surface area contributed by atoms with Crippen LogP contribution in [0.2, 0.25) is 0 Å². The van der Waals surface area contributed by atoms with Crippen molar-refractivity contribution in [2.45, 2.75) is 124 Å². The van der Waals surface area contributed by atoms with Crippen LogP contribution in [-0.2, 0) is 27.1 Å². The van der Waals surface area contributed by atoms with Gasteiger partial charge in [-0.05, 0) is 154 Å². The highest BCUT2D eigenvalue weighted by Gasteiger charge is 2.41. The van der Waals surface area contributed by atoms with Gasteiger partial charge >= 0.3 is 0 Å². The summed E-state index contributed by atoms with van der Waals surface area (Å²) in [4.78, 5) is 5.03. The highest BCUT2D eigenvalue weighted by Crippen LogP contribution is 2.57. The van der Waals surface area contributed by atoms with Crippen LogP contribution in [-0.4, -0.2) is 6.54 Å². The maximum Gasteiger partial charge on any atom is 0.0502 e. The van der Waals surface area contributed by atoms with Crippen LogP contribution in [0, 0.1) is 5.41 Å². The monoisotopic (exact) mass is 929 g/mol. The molecule has 2 heteroatoms. The Bertz CT molecular complexity index is 3440. The molecule has 0 unspecified atom stereocenters. The number of anilines is 5. The predicted octanol–water partition coefficient (Wildman–Crippen LogP) is 18.9. The van der Waals surface area contributed by atoms with Crippen molar-refractivity contribution < 1.29 is 0 Å². The van der Waals surface area contributed by atoms with Crippen LogP contribution in [0.4, 0.5) is 28.4 Å². The van der Waals surface area contributed by atoms with Crippen molar-refractivity contribution >= 4 is 28.4 Å². The Hall–Kier alpha value is -6.64. The summed E-state index contributed by atoms with van der Waals surface area (Å²) in [6.45, 7) is 38.4. The van der Waals surface area contributed by atoms with E-state index in [1.54, 1.807) is 0 Å². The van der Waals surface area contributed by atoms with Crippen molar-refractivity contribution in [3.8, 4) is 33.4 Å². The van der Waals surface area contributed by atoms with Gasteiger partial charge in [0.15, 0.2) is 0 Å². The first kappa shape index (κ1) is 46.7. The van der Waals surface area contributed by atoms with Crippen LogP contribution in [0.15, 0.2) is 175 Å². The first-order valence-electron chi connectivity index (χ1n) is 26.0. The Labute approximate surface area is 425 Å². The summed E-state index contributed by atoms with van der Waals surface area (Å²) >= 11 is 0. The molecule has 0 saturated heterocycles. The summed E-state index contributed by atoms with van der Waals surface area (Å²) in [5.74, 6) is 0. The number of hydrogen-bond acceptors (Lipinski definition) is 2. The van der Waals surface area contributed by atoms with Crippen LogP contribution < -0.4 is 9.80 Å². The fourth-order valence-corrected chi connectivity index (χ4v) is 12.5. The van der Waals surface area contributed by atoms with Crippen molar-refractivity contribution in [1.29, 1.82) is 0 Å². The van der Waals surface area contributed by atoms with Gasteiger partial charge in [0.2, 0.25) is 0 Å². The third-order valence-corrected chi connectivity index (χ3v) is 17.3. The van der Waals surface area contributed by atoms with E-state index in [-0.39, 0.29) is 32.5 Å². The number of fused-ring (bicyclic) bond motifs is 9. The van der Waals surface area contributed by atoms with Gasteiger partial charge in [-0.15, -0.1) is 0 Å². The van der Waals surface area contributed by atoms with E-state index in [1.165, 1.54) is 112 Å². The molecule has 0 saturated carbocycles. The fraction of sp³-hybridized carbons (Fsp3) is 0.304. The van der Waals surface area contributed by atoms with Crippen LogP contribution in [0.5, 0.6) is 0 Å². The molecule has 358 valence electrons. The van der Waals surface area contributed by atoms with Crippen molar-refractivity contribution in [2.24, 2.45) is 5.41 Å². The van der Waals surface area contributed by atoms with Crippen LogP contribution >= 0.6 is 0 Å². The third kappa shape index (κ3) is 7.17. The molecule has 0 spiro atoms. The van der Waals surface area contributed by atoms with Gasteiger partial charge in [0.1, 0.15) is 0 Å². The van der Waals surface area contributed by atoms with Crippen molar-refractivity contribution in [1.82, 2.24) is 0 Å². The maximum atomic E-state index is 4.67. The topological polar surface area (TPSA) is 6.48 Å². The Kier molecular flexibility index (Phi) is 10.3. The molecule has 7 aromatic carbocycles. The first-order chi connectivity index (χ1) is 33.4. The molecule has 0 N–H and O–H groups in total. The zero-order chi connectivity index (χ0) is 50.4. The summed E-state index contributed by atoms with van der Waals surface area (Å²) in [5.41, 5.74) is 26.6. The molecule has 2 aliphatic carbocycles. The summed E-state index contributed by atoms with van der Waals surface area (Å²) in [6.07, 6.45) is 6.98. The Morgan fingerprint density at radius 1 is 0.423 bits per heavy atom. The highest BCUT2D eigenvalue weighted by atomic mass is 15.2. The number of allylic oxidation sites excluding steroid dienone is 4. The van der Waals surface area contributed by atoms with Crippen LogP contribution in [0.1, 0.15) is 141 Å². The lowest BCUT2D eigenvalue weighted by molar-refractivity contribution is 0.514. The Balaban J connectivity index is 0.936. The lowest BCUT2D eigenvalue weighted by atomic mass is 9.71. The van der Waals surface area contributed by atoms with Crippen molar-refractivity contribution in [3.05, 3.63) is 220 Å². The molecule has 2 heterocycles. The van der Waals surface area contributed by atoms with Gasteiger partial charge in [0, 0.05) is 45.3 Å². The van der Waals surface area contributed by atoms with Gasteiger partial charge in [0.05, 0.1) is 11.4 Å². The smallest absolute Gasteiger partial charge is 0.0502 e. The molecule has 71 heavy (non-hydrogen) atoms. The minimum atomic E-state index is -0.265. The number of hydrogen-bond donors (Lipinski definition) is 0. The Morgan fingerprint density at radius 3 is 1.45 bits per heavy atom. The maximum absolute atomic E-state index is 4.67. The number of para-hydroxylation sites is 2. The minimum absolute atomic E-state index is 0.00340. The standard InChI is InChI=1S/C69H72N2/c1-43-37-46(64(2,3)4)21-20-36-70(61-24-18-16-22-54(61)66(43,8)9)48-29-33-52-50-31-26-44(38-56(50)68(12,13)58(52)41-48)45-27-32-51-53-34-30-49(42-59(53)69(14,15)57(51)39-45)71-62-25-19-17-23-55(62)67(10,11)60-40-47(65(5,6)7)28-35-63(60)71/h16-35,37-42H,1,36H2,2-15H3/b21-20-,46-37+. The lowest BCUT2D eigenvalue weighted by Gasteiger charge is -2.43. The molecule has 0 radical (unpaired) electrons. The molecule has 0 aromatic heterocycles. The Morgan fingerprint density at radius 2 is 0.887 bits per heavy atom. The second-order valence-electron chi connectivity index (χ2n) is 25.2. The average Bonchev–Trinajstić information content (AvgIpc) is 3.69. The lowest BCUT2D eigenvalue weighted by Crippen LogP contribution is -2.31. The van der Waals surface area contributed by atoms with Gasteiger partial charge in [-0.25, -0.2) is 0 Å². The summed E-state index contributed by atoms with van der Waals surface area (Å²) in [7, 11) is 0. The van der Waals surface area contributed by atoms with Crippen molar-refractivity contribution in [2.75, 3.05) is 16.3 Å². The zero-order valence-electron chi connectivity index (χ0n) is 44.8. The van der Waals surface area contributed by atoms with E-state index in [1.807, 2.05) is 0 Å². The van der Waals surface area contributed by atoms with Crippen molar-refractivity contribution in [3.63, 3.8) is 0 Å². The van der Waals surface area contributed by atoms with Crippen LogP contribution in [0.25, 0.3) is 33.4 Å². The first-order valence-corrected chi connectivity index (χ1v) is 26.0. The van der Waals surface area contributed by atoms with E-state index in [2.05, 4.69) is 271 Å². The molecular weight excluding hydrogens is 857 g/mol. The average molecular weight is 929 g/mol. The number of rotatable bonds is 3. The number of benzene rings is 7. The van der Waals surface area contributed by atoms with Gasteiger partial charge in [-0.2, -0.15) is 0 Å².